The average molecular weight is 386 g/mol. The van der Waals surface area contributed by atoms with Crippen LogP contribution >= 0.6 is 31.9 Å². The number of alkyl halides is 1. The molecular formula is C16H15Br2F. The summed E-state index contributed by atoms with van der Waals surface area (Å²) >= 11 is 7.02. The van der Waals surface area contributed by atoms with Gasteiger partial charge >= 0.3 is 0 Å². The summed E-state index contributed by atoms with van der Waals surface area (Å²) in [5.74, 6) is 0.184. The maximum absolute atomic E-state index is 13.1. The number of hydrogen-bond acceptors (Lipinski definition) is 0. The van der Waals surface area contributed by atoms with E-state index in [-0.39, 0.29) is 5.82 Å². The summed E-state index contributed by atoms with van der Waals surface area (Å²) in [6, 6.07) is 13.4. The van der Waals surface area contributed by atoms with E-state index < -0.39 is 0 Å². The van der Waals surface area contributed by atoms with Gasteiger partial charge in [0, 0.05) is 9.80 Å². The van der Waals surface area contributed by atoms with Gasteiger partial charge in [-0.2, -0.15) is 0 Å². The monoisotopic (exact) mass is 384 g/mol. The zero-order chi connectivity index (χ0) is 13.8. The number of halogens is 3. The molecule has 1 unspecified atom stereocenters. The third-order valence-corrected chi connectivity index (χ3v) is 4.70. The molecule has 0 fully saturated rings. The molecule has 1 atom stereocenters. The first-order chi connectivity index (χ1) is 9.10. The van der Waals surface area contributed by atoms with Crippen molar-refractivity contribution in [1.82, 2.24) is 0 Å². The van der Waals surface area contributed by atoms with Crippen LogP contribution in [0, 0.1) is 12.7 Å². The van der Waals surface area contributed by atoms with Gasteiger partial charge in [0.15, 0.2) is 0 Å². The first-order valence-electron chi connectivity index (χ1n) is 6.16. The SMILES string of the molecule is Cc1cccc(C(CBr)Cc2ccc(F)cc2Br)c1. The molecule has 3 heteroatoms. The molecule has 0 aliphatic rings. The summed E-state index contributed by atoms with van der Waals surface area (Å²) in [6.45, 7) is 2.10. The van der Waals surface area contributed by atoms with Crippen molar-refractivity contribution < 1.29 is 4.39 Å². The molecule has 0 spiro atoms. The minimum atomic E-state index is -0.207. The van der Waals surface area contributed by atoms with E-state index in [0.717, 1.165) is 21.8 Å². The normalized spacial score (nSPS) is 12.4. The second-order valence-corrected chi connectivity index (χ2v) is 6.21. The molecule has 0 bridgehead atoms. The van der Waals surface area contributed by atoms with Crippen LogP contribution in [0.3, 0.4) is 0 Å². The maximum Gasteiger partial charge on any atom is 0.124 e. The van der Waals surface area contributed by atoms with E-state index in [1.165, 1.54) is 23.3 Å². The molecule has 2 aromatic carbocycles. The zero-order valence-electron chi connectivity index (χ0n) is 10.7. The molecule has 0 aromatic heterocycles. The fourth-order valence-electron chi connectivity index (χ4n) is 2.14. The van der Waals surface area contributed by atoms with Crippen LogP contribution in [0.5, 0.6) is 0 Å². The van der Waals surface area contributed by atoms with Gasteiger partial charge in [-0.25, -0.2) is 4.39 Å². The fourth-order valence-corrected chi connectivity index (χ4v) is 3.25. The van der Waals surface area contributed by atoms with Gasteiger partial charge in [0.2, 0.25) is 0 Å². The highest BCUT2D eigenvalue weighted by atomic mass is 79.9. The van der Waals surface area contributed by atoms with Crippen molar-refractivity contribution >= 4 is 31.9 Å². The molecule has 0 N–H and O–H groups in total. The van der Waals surface area contributed by atoms with Crippen molar-refractivity contribution in [2.24, 2.45) is 0 Å². The smallest absolute Gasteiger partial charge is 0.124 e. The molecule has 0 aliphatic heterocycles. The van der Waals surface area contributed by atoms with Gasteiger partial charge in [0.1, 0.15) is 5.82 Å². The summed E-state index contributed by atoms with van der Waals surface area (Å²) in [5, 5.41) is 0.889. The molecule has 0 radical (unpaired) electrons. The van der Waals surface area contributed by atoms with Crippen molar-refractivity contribution in [1.29, 1.82) is 0 Å². The van der Waals surface area contributed by atoms with Crippen LogP contribution in [0.4, 0.5) is 4.39 Å². The molecule has 0 amide bonds. The predicted octanol–water partition coefficient (Wildman–Crippen LogP) is 5.62. The molecule has 0 heterocycles. The lowest BCUT2D eigenvalue weighted by Crippen LogP contribution is -2.05. The van der Waals surface area contributed by atoms with Crippen LogP contribution in [0.15, 0.2) is 46.9 Å². The van der Waals surface area contributed by atoms with E-state index in [9.17, 15) is 4.39 Å². The van der Waals surface area contributed by atoms with Crippen molar-refractivity contribution in [3.8, 4) is 0 Å². The Balaban J connectivity index is 2.24. The number of aryl methyl sites for hydroxylation is 1. The van der Waals surface area contributed by atoms with Crippen LogP contribution in [0.1, 0.15) is 22.6 Å². The highest BCUT2D eigenvalue weighted by Gasteiger charge is 2.13. The van der Waals surface area contributed by atoms with Gasteiger partial charge in [0.25, 0.3) is 0 Å². The van der Waals surface area contributed by atoms with E-state index in [1.54, 1.807) is 0 Å². The molecule has 0 nitrogen and oxygen atoms in total. The summed E-state index contributed by atoms with van der Waals surface area (Å²) in [4.78, 5) is 0. The number of rotatable bonds is 4. The predicted molar refractivity (Wildman–Crippen MR) is 85.5 cm³/mol. The summed E-state index contributed by atoms with van der Waals surface area (Å²) in [7, 11) is 0. The molecule has 0 aliphatic carbocycles. The molecule has 2 rings (SSSR count). The Morgan fingerprint density at radius 1 is 1.16 bits per heavy atom. The third kappa shape index (κ3) is 3.90. The molecule has 19 heavy (non-hydrogen) atoms. The lowest BCUT2D eigenvalue weighted by atomic mass is 9.93. The van der Waals surface area contributed by atoms with E-state index in [0.29, 0.717) is 5.92 Å². The van der Waals surface area contributed by atoms with Gasteiger partial charge in [-0.1, -0.05) is 67.8 Å². The summed E-state index contributed by atoms with van der Waals surface area (Å²) in [5.41, 5.74) is 3.71. The minimum Gasteiger partial charge on any atom is -0.207 e. The van der Waals surface area contributed by atoms with Crippen molar-refractivity contribution in [2.75, 3.05) is 5.33 Å². The minimum absolute atomic E-state index is 0.207. The van der Waals surface area contributed by atoms with Crippen LogP contribution < -0.4 is 0 Å². The maximum atomic E-state index is 13.1. The van der Waals surface area contributed by atoms with Crippen molar-refractivity contribution in [3.05, 3.63) is 69.4 Å². The highest BCUT2D eigenvalue weighted by molar-refractivity contribution is 9.10. The number of benzene rings is 2. The topological polar surface area (TPSA) is 0 Å². The Labute approximate surface area is 130 Å². The third-order valence-electron chi connectivity index (χ3n) is 3.18. The molecule has 0 saturated carbocycles. The van der Waals surface area contributed by atoms with Crippen molar-refractivity contribution in [2.45, 2.75) is 19.3 Å². The Hall–Kier alpha value is -0.670. The standard InChI is InChI=1S/C16H15Br2F/c1-11-3-2-4-12(7-11)14(10-17)8-13-5-6-15(19)9-16(13)18/h2-7,9,14H,8,10H2,1H3. The van der Waals surface area contributed by atoms with E-state index >= 15 is 0 Å². The molecular weight excluding hydrogens is 371 g/mol. The zero-order valence-corrected chi connectivity index (χ0v) is 13.8. The van der Waals surface area contributed by atoms with Crippen LogP contribution in [-0.2, 0) is 6.42 Å². The van der Waals surface area contributed by atoms with Gasteiger partial charge in [0.05, 0.1) is 0 Å². The largest absolute Gasteiger partial charge is 0.207 e. The lowest BCUT2D eigenvalue weighted by Gasteiger charge is -2.16. The average Bonchev–Trinajstić information content (AvgIpc) is 2.38. The molecule has 0 saturated heterocycles. The van der Waals surface area contributed by atoms with Crippen LogP contribution in [-0.4, -0.2) is 5.33 Å². The summed E-state index contributed by atoms with van der Waals surface area (Å²) in [6.07, 6.45) is 0.884. The van der Waals surface area contributed by atoms with Gasteiger partial charge in [-0.3, -0.25) is 0 Å². The quantitative estimate of drug-likeness (QED) is 0.599. The van der Waals surface area contributed by atoms with Gasteiger partial charge < -0.3 is 0 Å². The fraction of sp³-hybridized carbons (Fsp3) is 0.250. The van der Waals surface area contributed by atoms with E-state index in [4.69, 9.17) is 0 Å². The Bertz CT molecular complexity index is 566. The molecule has 100 valence electrons. The highest BCUT2D eigenvalue weighted by Crippen LogP contribution is 2.28. The number of hydrogen-bond donors (Lipinski definition) is 0. The van der Waals surface area contributed by atoms with Gasteiger partial charge in [-0.15, -0.1) is 0 Å². The summed E-state index contributed by atoms with van der Waals surface area (Å²) < 4.78 is 13.9. The van der Waals surface area contributed by atoms with E-state index in [1.807, 2.05) is 6.07 Å². The van der Waals surface area contributed by atoms with Crippen LogP contribution in [0.25, 0.3) is 0 Å². The van der Waals surface area contributed by atoms with Gasteiger partial charge in [-0.05, 0) is 42.5 Å². The van der Waals surface area contributed by atoms with E-state index in [2.05, 4.69) is 63.0 Å². The first kappa shape index (κ1) is 14.7. The Morgan fingerprint density at radius 3 is 2.58 bits per heavy atom. The first-order valence-corrected chi connectivity index (χ1v) is 8.08. The lowest BCUT2D eigenvalue weighted by molar-refractivity contribution is 0.625. The second-order valence-electron chi connectivity index (χ2n) is 4.71. The Kier molecular flexibility index (Phi) is 5.17. The Morgan fingerprint density at radius 2 is 1.95 bits per heavy atom. The second kappa shape index (κ2) is 6.67. The molecule has 2 aromatic rings. The van der Waals surface area contributed by atoms with Crippen LogP contribution in [0.2, 0.25) is 0 Å². The van der Waals surface area contributed by atoms with Crippen molar-refractivity contribution in [3.63, 3.8) is 0 Å².